The Kier molecular flexibility index (Phi) is 8.62. The van der Waals surface area contributed by atoms with Crippen LogP contribution < -0.4 is 0 Å². The molecule has 0 radical (unpaired) electrons. The molecule has 1 aromatic carbocycles. The monoisotopic (exact) mass is 395 g/mol. The van der Waals surface area contributed by atoms with Gasteiger partial charge in [-0.2, -0.15) is 5.10 Å². The molecule has 29 heavy (non-hydrogen) atoms. The second-order valence-corrected chi connectivity index (χ2v) is 8.69. The summed E-state index contributed by atoms with van der Waals surface area (Å²) in [6.07, 6.45) is 9.02. The molecule has 0 N–H and O–H groups in total. The van der Waals surface area contributed by atoms with Gasteiger partial charge in [0.15, 0.2) is 0 Å². The van der Waals surface area contributed by atoms with Crippen LogP contribution in [-0.2, 0) is 6.54 Å². The number of fused-ring (bicyclic) bond motifs is 1. The van der Waals surface area contributed by atoms with E-state index in [1.54, 1.807) is 6.20 Å². The molecule has 0 aliphatic carbocycles. The zero-order valence-corrected chi connectivity index (χ0v) is 19.0. The predicted molar refractivity (Wildman–Crippen MR) is 122 cm³/mol. The van der Waals surface area contributed by atoms with E-state index in [2.05, 4.69) is 86.4 Å². The van der Waals surface area contributed by atoms with E-state index in [9.17, 15) is 0 Å². The van der Waals surface area contributed by atoms with Crippen molar-refractivity contribution in [3.8, 4) is 0 Å². The van der Waals surface area contributed by atoms with Gasteiger partial charge in [-0.3, -0.25) is 9.36 Å². The van der Waals surface area contributed by atoms with Crippen LogP contribution in [0.4, 0.5) is 0 Å². The number of nitrogens with zero attached hydrogens (tertiary/aromatic N) is 5. The minimum atomic E-state index is 0.482. The summed E-state index contributed by atoms with van der Waals surface area (Å²) >= 11 is 0. The first kappa shape index (κ1) is 22.9. The Labute approximate surface area is 175 Å². The number of rotatable bonds is 8. The highest BCUT2D eigenvalue weighted by molar-refractivity contribution is 5.79. The van der Waals surface area contributed by atoms with Crippen molar-refractivity contribution in [2.75, 3.05) is 0 Å². The van der Waals surface area contributed by atoms with Crippen LogP contribution in [0.15, 0.2) is 48.9 Å². The van der Waals surface area contributed by atoms with Crippen LogP contribution in [0.1, 0.15) is 65.5 Å². The van der Waals surface area contributed by atoms with Gasteiger partial charge in [0.1, 0.15) is 0 Å². The van der Waals surface area contributed by atoms with Gasteiger partial charge in [-0.25, -0.2) is 0 Å². The van der Waals surface area contributed by atoms with Crippen LogP contribution in [-0.4, -0.2) is 24.8 Å². The largest absolute Gasteiger partial charge is 0.262 e. The summed E-state index contributed by atoms with van der Waals surface area (Å²) in [5.41, 5.74) is 3.78. The van der Waals surface area contributed by atoms with Crippen LogP contribution in [0.25, 0.3) is 10.9 Å². The summed E-state index contributed by atoms with van der Waals surface area (Å²) in [5.74, 6) is 1.35. The predicted octanol–water partition coefficient (Wildman–Crippen LogP) is 6.22. The van der Waals surface area contributed by atoms with Gasteiger partial charge >= 0.3 is 0 Å². The Bertz CT molecular complexity index is 876. The summed E-state index contributed by atoms with van der Waals surface area (Å²) in [6.45, 7) is 18.0. The van der Waals surface area contributed by atoms with Gasteiger partial charge < -0.3 is 0 Å². The number of hydrogen-bond acceptors (Lipinski definition) is 3. The van der Waals surface area contributed by atoms with Gasteiger partial charge in [0.05, 0.1) is 17.9 Å². The average molecular weight is 396 g/mol. The Morgan fingerprint density at radius 2 is 1.97 bits per heavy atom. The Morgan fingerprint density at radius 3 is 2.55 bits per heavy atom. The zero-order chi connectivity index (χ0) is 21.4. The molecule has 0 saturated carbocycles. The van der Waals surface area contributed by atoms with Crippen LogP contribution in [0.3, 0.4) is 0 Å². The molecule has 2 unspecified atom stereocenters. The second kappa shape index (κ2) is 10.9. The Hall–Kier alpha value is -2.43. The van der Waals surface area contributed by atoms with E-state index >= 15 is 0 Å². The van der Waals surface area contributed by atoms with Crippen molar-refractivity contribution >= 4 is 10.9 Å². The van der Waals surface area contributed by atoms with Gasteiger partial charge in [0, 0.05) is 24.2 Å². The molecule has 158 valence electrons. The number of hydrogen-bond donors (Lipinski definition) is 0. The fourth-order valence-corrected chi connectivity index (χ4v) is 3.67. The molecule has 2 heterocycles. The van der Waals surface area contributed by atoms with E-state index < -0.39 is 0 Å². The van der Waals surface area contributed by atoms with E-state index in [1.165, 1.54) is 28.5 Å². The molecule has 0 aliphatic rings. The third-order valence-corrected chi connectivity index (χ3v) is 5.12. The minimum Gasteiger partial charge on any atom is -0.262 e. The van der Waals surface area contributed by atoms with Crippen molar-refractivity contribution < 1.29 is 0 Å². The van der Waals surface area contributed by atoms with Gasteiger partial charge in [0.2, 0.25) is 0 Å². The lowest BCUT2D eigenvalue weighted by Gasteiger charge is -2.18. The SMILES string of the molecule is C=C(C)CC(CC(C)C)Cn1ccnn1.CCC(C)n1ncc2cc(C)ccc21. The molecule has 0 aliphatic heterocycles. The van der Waals surface area contributed by atoms with Crippen LogP contribution in [0.5, 0.6) is 0 Å². The average Bonchev–Trinajstić information content (AvgIpc) is 3.29. The quantitative estimate of drug-likeness (QED) is 0.425. The van der Waals surface area contributed by atoms with Crippen molar-refractivity contribution in [3.05, 3.63) is 54.5 Å². The smallest absolute Gasteiger partial charge is 0.0692 e. The Balaban J connectivity index is 0.000000207. The van der Waals surface area contributed by atoms with E-state index in [-0.39, 0.29) is 0 Å². The maximum atomic E-state index is 4.42. The summed E-state index contributed by atoms with van der Waals surface area (Å²) in [6, 6.07) is 6.96. The topological polar surface area (TPSA) is 48.5 Å². The van der Waals surface area contributed by atoms with E-state index in [4.69, 9.17) is 0 Å². The third-order valence-electron chi connectivity index (χ3n) is 5.12. The first-order chi connectivity index (χ1) is 13.8. The lowest BCUT2D eigenvalue weighted by atomic mass is 9.92. The molecule has 0 amide bonds. The maximum Gasteiger partial charge on any atom is 0.0692 e. The second-order valence-electron chi connectivity index (χ2n) is 8.69. The highest BCUT2D eigenvalue weighted by atomic mass is 15.4. The summed E-state index contributed by atoms with van der Waals surface area (Å²) in [5, 5.41) is 13.5. The summed E-state index contributed by atoms with van der Waals surface area (Å²) in [7, 11) is 0. The zero-order valence-electron chi connectivity index (χ0n) is 19.0. The lowest BCUT2D eigenvalue weighted by Crippen LogP contribution is -2.14. The molecule has 5 nitrogen and oxygen atoms in total. The van der Waals surface area contributed by atoms with Crippen LogP contribution >= 0.6 is 0 Å². The van der Waals surface area contributed by atoms with Crippen molar-refractivity contribution in [1.29, 1.82) is 0 Å². The van der Waals surface area contributed by atoms with Crippen molar-refractivity contribution in [2.24, 2.45) is 11.8 Å². The number of aryl methyl sites for hydroxylation is 1. The van der Waals surface area contributed by atoms with Gasteiger partial charge in [-0.15, -0.1) is 11.7 Å². The number of aromatic nitrogens is 5. The van der Waals surface area contributed by atoms with Crippen molar-refractivity contribution in [1.82, 2.24) is 24.8 Å². The normalized spacial score (nSPS) is 13.2. The molecule has 5 heteroatoms. The highest BCUT2D eigenvalue weighted by Crippen LogP contribution is 2.21. The van der Waals surface area contributed by atoms with E-state index in [0.29, 0.717) is 12.0 Å². The molecule has 3 rings (SSSR count). The first-order valence-corrected chi connectivity index (χ1v) is 10.7. The molecule has 3 aromatic rings. The van der Waals surface area contributed by atoms with Crippen molar-refractivity contribution in [3.63, 3.8) is 0 Å². The van der Waals surface area contributed by atoms with Gasteiger partial charge in [-0.05, 0) is 64.0 Å². The molecule has 0 spiro atoms. The number of allylic oxidation sites excluding steroid dienone is 1. The van der Waals surface area contributed by atoms with E-state index in [1.807, 2.05) is 17.1 Å². The third kappa shape index (κ3) is 7.15. The highest BCUT2D eigenvalue weighted by Gasteiger charge is 2.12. The molecular weight excluding hydrogens is 358 g/mol. The minimum absolute atomic E-state index is 0.482. The summed E-state index contributed by atoms with van der Waals surface area (Å²) < 4.78 is 4.02. The maximum absolute atomic E-state index is 4.42. The van der Waals surface area contributed by atoms with Gasteiger partial charge in [0.25, 0.3) is 0 Å². The summed E-state index contributed by atoms with van der Waals surface area (Å²) in [4.78, 5) is 0. The van der Waals surface area contributed by atoms with Crippen molar-refractivity contribution in [2.45, 2.75) is 73.4 Å². The van der Waals surface area contributed by atoms with Crippen LogP contribution in [0, 0.1) is 18.8 Å². The first-order valence-electron chi connectivity index (χ1n) is 10.7. The molecule has 0 bridgehead atoms. The van der Waals surface area contributed by atoms with Crippen LogP contribution in [0.2, 0.25) is 0 Å². The fraction of sp³-hybridized carbons (Fsp3) is 0.542. The Morgan fingerprint density at radius 1 is 1.21 bits per heavy atom. The number of benzene rings is 1. The fourth-order valence-electron chi connectivity index (χ4n) is 3.67. The molecule has 2 aromatic heterocycles. The van der Waals surface area contributed by atoms with E-state index in [0.717, 1.165) is 25.3 Å². The lowest BCUT2D eigenvalue weighted by molar-refractivity contribution is 0.342. The molecule has 2 atom stereocenters. The molecule has 0 fully saturated rings. The molecular formula is C24H37N5. The standard InChI is InChI=1S/C12H21N3.C12H16N2/c1-10(2)7-12(8-11(3)4)9-15-6-5-13-14-15;1-4-10(3)14-12-6-5-9(2)7-11(12)8-13-14/h5-6,11-12H,1,7-9H2,2-4H3;5-8,10H,4H2,1-3H3. The van der Waals surface area contributed by atoms with Gasteiger partial charge in [-0.1, -0.05) is 43.2 Å². The molecule has 0 saturated heterocycles.